The molecule has 0 saturated heterocycles. The fourth-order valence-corrected chi connectivity index (χ4v) is 1.94. The van der Waals surface area contributed by atoms with Crippen molar-refractivity contribution in [1.82, 2.24) is 4.98 Å². The van der Waals surface area contributed by atoms with Crippen molar-refractivity contribution in [1.29, 1.82) is 0 Å². The van der Waals surface area contributed by atoms with Crippen LogP contribution in [0.5, 0.6) is 0 Å². The van der Waals surface area contributed by atoms with Gasteiger partial charge in [0, 0.05) is 6.20 Å². The van der Waals surface area contributed by atoms with Crippen LogP contribution in [0.2, 0.25) is 0 Å². The van der Waals surface area contributed by atoms with Crippen molar-refractivity contribution in [3.63, 3.8) is 0 Å². The molecule has 1 aromatic heterocycles. The molecule has 80 valence electrons. The van der Waals surface area contributed by atoms with Gasteiger partial charge in [-0.15, -0.1) is 12.4 Å². The van der Waals surface area contributed by atoms with Crippen molar-refractivity contribution in [2.45, 2.75) is 0 Å². The van der Waals surface area contributed by atoms with Crippen LogP contribution < -0.4 is 5.43 Å². The number of nitrogens with one attached hydrogen (secondary N) is 1. The molecule has 3 aromatic rings. The van der Waals surface area contributed by atoms with E-state index < -0.39 is 0 Å². The number of aromatic amines is 1. The Morgan fingerprint density at radius 1 is 0.875 bits per heavy atom. The van der Waals surface area contributed by atoms with Crippen LogP contribution in [0, 0.1) is 0 Å². The van der Waals surface area contributed by atoms with Gasteiger partial charge in [-0.2, -0.15) is 0 Å². The molecule has 0 unspecified atom stereocenters. The van der Waals surface area contributed by atoms with Crippen molar-refractivity contribution < 1.29 is 0 Å². The standard InChI is InChI=1S/C13H9NO.ClH/c15-11-5-1-3-9-6-7-10-4-2-8-14-13(10)12(9)11;/h1-8,14H;1H. The molecule has 0 radical (unpaired) electrons. The van der Waals surface area contributed by atoms with E-state index in [4.69, 9.17) is 0 Å². The third kappa shape index (κ3) is 1.48. The highest BCUT2D eigenvalue weighted by molar-refractivity contribution is 6.04. The maximum absolute atomic E-state index is 11.8. The van der Waals surface area contributed by atoms with Gasteiger partial charge in [0.15, 0.2) is 5.43 Å². The van der Waals surface area contributed by atoms with E-state index in [-0.39, 0.29) is 17.8 Å². The number of halogens is 1. The molecule has 1 heterocycles. The molecule has 0 aliphatic heterocycles. The Hall–Kier alpha value is -1.80. The fraction of sp³-hybridized carbons (Fsp3) is 0. The number of fused-ring (bicyclic) bond motifs is 3. The third-order valence-corrected chi connectivity index (χ3v) is 2.64. The molecular formula is C13H10ClNO. The molecule has 0 saturated carbocycles. The summed E-state index contributed by atoms with van der Waals surface area (Å²) in [6, 6.07) is 13.3. The Morgan fingerprint density at radius 2 is 1.62 bits per heavy atom. The lowest BCUT2D eigenvalue weighted by atomic mass is 10.1. The summed E-state index contributed by atoms with van der Waals surface area (Å²) in [6.07, 6.45) is 1.84. The van der Waals surface area contributed by atoms with Gasteiger partial charge in [0.25, 0.3) is 0 Å². The fourth-order valence-electron chi connectivity index (χ4n) is 1.94. The van der Waals surface area contributed by atoms with Crippen molar-refractivity contribution in [3.05, 3.63) is 58.9 Å². The Bertz CT molecular complexity index is 703. The van der Waals surface area contributed by atoms with Gasteiger partial charge in [-0.25, -0.2) is 0 Å². The molecule has 0 fully saturated rings. The lowest BCUT2D eigenvalue weighted by Crippen LogP contribution is -1.99. The van der Waals surface area contributed by atoms with Gasteiger partial charge in [0.1, 0.15) is 0 Å². The first-order chi connectivity index (χ1) is 7.36. The normalized spacial score (nSPS) is 10.2. The lowest BCUT2D eigenvalue weighted by Gasteiger charge is -2.01. The zero-order chi connectivity index (χ0) is 10.3. The van der Waals surface area contributed by atoms with E-state index in [0.717, 1.165) is 21.7 Å². The largest absolute Gasteiger partial charge is 0.361 e. The SMILES string of the molecule is Cl.O=c1cccc2ccc3ccc[nH]c3c12. The predicted octanol–water partition coefficient (Wildman–Crippen LogP) is 3.10. The number of benzene rings is 2. The topological polar surface area (TPSA) is 32.9 Å². The number of pyridine rings is 1. The van der Waals surface area contributed by atoms with Gasteiger partial charge >= 0.3 is 0 Å². The van der Waals surface area contributed by atoms with Crippen LogP contribution in [0.3, 0.4) is 0 Å². The summed E-state index contributed by atoms with van der Waals surface area (Å²) >= 11 is 0. The predicted molar refractivity (Wildman–Crippen MR) is 69.3 cm³/mol. The van der Waals surface area contributed by atoms with E-state index in [1.165, 1.54) is 0 Å². The van der Waals surface area contributed by atoms with Gasteiger partial charge in [0.2, 0.25) is 0 Å². The number of aromatic nitrogens is 1. The van der Waals surface area contributed by atoms with Crippen LogP contribution in [0.1, 0.15) is 0 Å². The minimum Gasteiger partial charge on any atom is -0.361 e. The molecule has 0 amide bonds. The molecule has 1 N–H and O–H groups in total. The molecular weight excluding hydrogens is 222 g/mol. The van der Waals surface area contributed by atoms with E-state index in [0.29, 0.717) is 0 Å². The summed E-state index contributed by atoms with van der Waals surface area (Å²) in [5.41, 5.74) is 0.987. The van der Waals surface area contributed by atoms with Crippen molar-refractivity contribution in [3.8, 4) is 0 Å². The Kier molecular flexibility index (Phi) is 2.67. The van der Waals surface area contributed by atoms with Crippen LogP contribution in [-0.2, 0) is 0 Å². The summed E-state index contributed by atoms with van der Waals surface area (Å²) in [5, 5.41) is 2.82. The maximum atomic E-state index is 11.8. The summed E-state index contributed by atoms with van der Waals surface area (Å²) < 4.78 is 0. The third-order valence-electron chi connectivity index (χ3n) is 2.64. The molecule has 2 nitrogen and oxygen atoms in total. The van der Waals surface area contributed by atoms with Crippen molar-refractivity contribution in [2.75, 3.05) is 0 Å². The second-order valence-electron chi connectivity index (χ2n) is 3.55. The van der Waals surface area contributed by atoms with Gasteiger partial charge in [-0.1, -0.05) is 30.3 Å². The van der Waals surface area contributed by atoms with Gasteiger partial charge in [0.05, 0.1) is 10.9 Å². The Labute approximate surface area is 98.3 Å². The number of rotatable bonds is 0. The van der Waals surface area contributed by atoms with E-state index in [9.17, 15) is 4.79 Å². The molecule has 2 aromatic carbocycles. The highest BCUT2D eigenvalue weighted by Crippen LogP contribution is 2.19. The van der Waals surface area contributed by atoms with Crippen LogP contribution in [0.15, 0.2) is 53.5 Å². The first-order valence-corrected chi connectivity index (χ1v) is 4.85. The zero-order valence-electron chi connectivity index (χ0n) is 8.44. The quantitative estimate of drug-likeness (QED) is 0.593. The van der Waals surface area contributed by atoms with E-state index >= 15 is 0 Å². The molecule has 0 bridgehead atoms. The average molecular weight is 232 g/mol. The van der Waals surface area contributed by atoms with Gasteiger partial charge in [-0.3, -0.25) is 4.79 Å². The summed E-state index contributed by atoms with van der Waals surface area (Å²) in [7, 11) is 0. The lowest BCUT2D eigenvalue weighted by molar-refractivity contribution is 1.42. The number of H-pyrrole nitrogens is 1. The first-order valence-electron chi connectivity index (χ1n) is 4.85. The second-order valence-corrected chi connectivity index (χ2v) is 3.55. The van der Waals surface area contributed by atoms with E-state index in [1.807, 2.05) is 36.5 Å². The van der Waals surface area contributed by atoms with Gasteiger partial charge in [-0.05, 0) is 22.9 Å². The first kappa shape index (κ1) is 10.7. The monoisotopic (exact) mass is 231 g/mol. The summed E-state index contributed by atoms with van der Waals surface area (Å²) in [4.78, 5) is 14.9. The molecule has 16 heavy (non-hydrogen) atoms. The van der Waals surface area contributed by atoms with Crippen molar-refractivity contribution >= 4 is 34.1 Å². The van der Waals surface area contributed by atoms with Crippen LogP contribution in [-0.4, -0.2) is 4.98 Å². The average Bonchev–Trinajstić information content (AvgIpc) is 2.29. The molecule has 0 aliphatic carbocycles. The Balaban J connectivity index is 0.000000963. The summed E-state index contributed by atoms with van der Waals surface area (Å²) in [5.74, 6) is 0. The molecule has 3 heteroatoms. The van der Waals surface area contributed by atoms with Crippen LogP contribution in [0.25, 0.3) is 21.7 Å². The van der Waals surface area contributed by atoms with E-state index in [2.05, 4.69) is 4.98 Å². The summed E-state index contributed by atoms with van der Waals surface area (Å²) in [6.45, 7) is 0. The minimum atomic E-state index is 0. The maximum Gasteiger partial charge on any atom is 0.188 e. The second kappa shape index (κ2) is 3.99. The highest BCUT2D eigenvalue weighted by Gasteiger charge is 2.02. The minimum absolute atomic E-state index is 0. The molecule has 0 atom stereocenters. The van der Waals surface area contributed by atoms with Gasteiger partial charge < -0.3 is 4.98 Å². The molecule has 0 aliphatic rings. The highest BCUT2D eigenvalue weighted by atomic mass is 35.5. The molecule has 0 spiro atoms. The van der Waals surface area contributed by atoms with Crippen LogP contribution >= 0.6 is 12.4 Å². The van der Waals surface area contributed by atoms with Crippen LogP contribution in [0.4, 0.5) is 0 Å². The smallest absolute Gasteiger partial charge is 0.188 e. The number of hydrogen-bond donors (Lipinski definition) is 1. The number of hydrogen-bond acceptors (Lipinski definition) is 1. The zero-order valence-corrected chi connectivity index (χ0v) is 9.25. The van der Waals surface area contributed by atoms with Crippen molar-refractivity contribution in [2.24, 2.45) is 0 Å². The van der Waals surface area contributed by atoms with E-state index in [1.54, 1.807) is 12.1 Å². The Morgan fingerprint density at radius 3 is 2.50 bits per heavy atom. The molecule has 3 rings (SSSR count).